The van der Waals surface area contributed by atoms with E-state index in [2.05, 4.69) is 33.4 Å². The van der Waals surface area contributed by atoms with Crippen LogP contribution in [0.15, 0.2) is 63.3 Å². The number of hydrogen-bond donors (Lipinski definition) is 0. The second-order valence-electron chi connectivity index (χ2n) is 4.38. The maximum atomic E-state index is 5.89. The minimum absolute atomic E-state index is 0.770. The summed E-state index contributed by atoms with van der Waals surface area (Å²) >= 11 is 12.8. The maximum Gasteiger partial charge on any atom is 0.104 e. The molecule has 0 N–H and O–H groups in total. The van der Waals surface area contributed by atoms with Crippen LogP contribution >= 0.6 is 50.6 Å². The van der Waals surface area contributed by atoms with Crippen LogP contribution in [0.4, 0.5) is 0 Å². The van der Waals surface area contributed by atoms with Crippen LogP contribution in [0.3, 0.4) is 0 Å². The Morgan fingerprint density at radius 3 is 2.48 bits per heavy atom. The van der Waals surface area contributed by atoms with Gasteiger partial charge in [-0.2, -0.15) is 0 Å². The molecule has 21 heavy (non-hydrogen) atoms. The first-order valence-electron chi connectivity index (χ1n) is 6.29. The van der Waals surface area contributed by atoms with Gasteiger partial charge in [0.25, 0.3) is 0 Å². The molecule has 0 spiro atoms. The van der Waals surface area contributed by atoms with Crippen molar-refractivity contribution in [3.63, 3.8) is 0 Å². The van der Waals surface area contributed by atoms with Crippen LogP contribution in [-0.2, 0) is 5.75 Å². The summed E-state index contributed by atoms with van der Waals surface area (Å²) < 4.78 is 1.08. The standard InChI is InChI=1S/C16H11BrClNS2/c17-12-3-1-11(2-4-12)15-9-21-16(19-15)10-20-14-7-5-13(18)6-8-14/h1-9H,10H2. The van der Waals surface area contributed by atoms with Crippen molar-refractivity contribution >= 4 is 50.6 Å². The zero-order chi connectivity index (χ0) is 14.7. The molecule has 0 saturated heterocycles. The predicted octanol–water partition coefficient (Wildman–Crippen LogP) is 6.52. The van der Waals surface area contributed by atoms with E-state index in [9.17, 15) is 0 Å². The molecule has 1 nitrogen and oxygen atoms in total. The van der Waals surface area contributed by atoms with Gasteiger partial charge < -0.3 is 0 Å². The summed E-state index contributed by atoms with van der Waals surface area (Å²) in [5, 5.41) is 4.01. The molecule has 0 amide bonds. The molecule has 0 radical (unpaired) electrons. The van der Waals surface area contributed by atoms with Gasteiger partial charge in [0.1, 0.15) is 5.01 Å². The first-order valence-corrected chi connectivity index (χ1v) is 9.33. The molecule has 106 valence electrons. The van der Waals surface area contributed by atoms with Crippen LogP contribution in [-0.4, -0.2) is 4.98 Å². The zero-order valence-electron chi connectivity index (χ0n) is 10.9. The van der Waals surface area contributed by atoms with Crippen molar-refractivity contribution in [1.82, 2.24) is 4.98 Å². The lowest BCUT2D eigenvalue weighted by Gasteiger charge is -1.99. The lowest BCUT2D eigenvalue weighted by Crippen LogP contribution is -1.81. The van der Waals surface area contributed by atoms with Gasteiger partial charge in [0.15, 0.2) is 0 Å². The van der Waals surface area contributed by atoms with Crippen molar-refractivity contribution in [3.05, 3.63) is 68.4 Å². The van der Waals surface area contributed by atoms with Gasteiger partial charge in [0.05, 0.1) is 11.4 Å². The van der Waals surface area contributed by atoms with Crippen molar-refractivity contribution < 1.29 is 0 Å². The van der Waals surface area contributed by atoms with Crippen LogP contribution in [0.5, 0.6) is 0 Å². The molecule has 5 heteroatoms. The van der Waals surface area contributed by atoms with E-state index in [0.717, 1.165) is 31.5 Å². The van der Waals surface area contributed by atoms with Gasteiger partial charge in [-0.05, 0) is 36.4 Å². The third-order valence-electron chi connectivity index (χ3n) is 2.87. The van der Waals surface area contributed by atoms with Gasteiger partial charge in [0.2, 0.25) is 0 Å². The van der Waals surface area contributed by atoms with Gasteiger partial charge in [0, 0.05) is 25.3 Å². The molecule has 2 aromatic carbocycles. The Morgan fingerprint density at radius 2 is 1.76 bits per heavy atom. The molecule has 0 bridgehead atoms. The van der Waals surface area contributed by atoms with Crippen molar-refractivity contribution in [2.45, 2.75) is 10.6 Å². The topological polar surface area (TPSA) is 12.9 Å². The molecule has 0 atom stereocenters. The fourth-order valence-electron chi connectivity index (χ4n) is 1.81. The van der Waals surface area contributed by atoms with Crippen LogP contribution < -0.4 is 0 Å². The lowest BCUT2D eigenvalue weighted by atomic mass is 10.2. The fourth-order valence-corrected chi connectivity index (χ4v) is 3.92. The molecule has 0 aliphatic carbocycles. The third kappa shape index (κ3) is 4.10. The molecule has 1 aromatic heterocycles. The largest absolute Gasteiger partial charge is 0.240 e. The number of hydrogen-bond acceptors (Lipinski definition) is 3. The average molecular weight is 397 g/mol. The number of thioether (sulfide) groups is 1. The summed E-state index contributed by atoms with van der Waals surface area (Å²) in [6.07, 6.45) is 0. The Kier molecular flexibility index (Phi) is 5.01. The number of rotatable bonds is 4. The Balaban J connectivity index is 1.67. The fraction of sp³-hybridized carbons (Fsp3) is 0.0625. The van der Waals surface area contributed by atoms with E-state index in [4.69, 9.17) is 16.6 Å². The van der Waals surface area contributed by atoms with E-state index in [1.54, 1.807) is 23.1 Å². The first-order chi connectivity index (χ1) is 10.2. The molecule has 0 fully saturated rings. The van der Waals surface area contributed by atoms with E-state index >= 15 is 0 Å². The highest BCUT2D eigenvalue weighted by atomic mass is 79.9. The second kappa shape index (κ2) is 6.97. The molecule has 3 aromatic rings. The monoisotopic (exact) mass is 395 g/mol. The molecule has 0 unspecified atom stereocenters. The third-order valence-corrected chi connectivity index (χ3v) is 5.70. The van der Waals surface area contributed by atoms with E-state index in [1.165, 1.54) is 4.90 Å². The van der Waals surface area contributed by atoms with Gasteiger partial charge >= 0.3 is 0 Å². The van der Waals surface area contributed by atoms with Crippen molar-refractivity contribution in [1.29, 1.82) is 0 Å². The Morgan fingerprint density at radius 1 is 1.05 bits per heavy atom. The smallest absolute Gasteiger partial charge is 0.104 e. The van der Waals surface area contributed by atoms with Gasteiger partial charge in [-0.25, -0.2) is 4.98 Å². The molecular weight excluding hydrogens is 386 g/mol. The summed E-state index contributed by atoms with van der Waals surface area (Å²) in [6, 6.07) is 16.1. The minimum atomic E-state index is 0.770. The predicted molar refractivity (Wildman–Crippen MR) is 96.3 cm³/mol. The van der Waals surface area contributed by atoms with Crippen molar-refractivity contribution in [3.8, 4) is 11.3 Å². The Hall–Kier alpha value is -0.810. The Labute approximate surface area is 145 Å². The molecule has 0 aliphatic rings. The molecule has 0 aliphatic heterocycles. The lowest BCUT2D eigenvalue weighted by molar-refractivity contribution is 1.26. The first kappa shape index (κ1) is 15.1. The number of thiazole rings is 1. The van der Waals surface area contributed by atoms with Gasteiger partial charge in [-0.1, -0.05) is 39.7 Å². The highest BCUT2D eigenvalue weighted by molar-refractivity contribution is 9.10. The van der Waals surface area contributed by atoms with Crippen LogP contribution in [0.2, 0.25) is 5.02 Å². The summed E-state index contributed by atoms with van der Waals surface area (Å²) in [5.41, 5.74) is 2.19. The molecule has 3 rings (SSSR count). The normalized spacial score (nSPS) is 10.8. The van der Waals surface area contributed by atoms with E-state index in [1.807, 2.05) is 36.4 Å². The van der Waals surface area contributed by atoms with E-state index < -0.39 is 0 Å². The summed E-state index contributed by atoms with van der Waals surface area (Å²) in [6.45, 7) is 0. The number of nitrogens with zero attached hydrogens (tertiary/aromatic N) is 1. The van der Waals surface area contributed by atoms with E-state index in [0.29, 0.717) is 0 Å². The molecule has 0 saturated carbocycles. The quantitative estimate of drug-likeness (QED) is 0.466. The SMILES string of the molecule is Clc1ccc(SCc2nc(-c3ccc(Br)cc3)cs2)cc1. The Bertz CT molecular complexity index is 723. The number of halogens is 2. The van der Waals surface area contributed by atoms with E-state index in [-0.39, 0.29) is 0 Å². The highest BCUT2D eigenvalue weighted by Gasteiger charge is 2.05. The average Bonchev–Trinajstić information content (AvgIpc) is 2.96. The highest BCUT2D eigenvalue weighted by Crippen LogP contribution is 2.28. The summed E-state index contributed by atoms with van der Waals surface area (Å²) in [5.74, 6) is 0.878. The van der Waals surface area contributed by atoms with Gasteiger partial charge in [-0.15, -0.1) is 23.1 Å². The second-order valence-corrected chi connectivity index (χ2v) is 7.72. The molecular formula is C16H11BrClNS2. The maximum absolute atomic E-state index is 5.89. The summed E-state index contributed by atoms with van der Waals surface area (Å²) in [7, 11) is 0. The van der Waals surface area contributed by atoms with Crippen LogP contribution in [0.25, 0.3) is 11.3 Å². The zero-order valence-corrected chi connectivity index (χ0v) is 14.9. The van der Waals surface area contributed by atoms with Crippen molar-refractivity contribution in [2.24, 2.45) is 0 Å². The van der Waals surface area contributed by atoms with Crippen molar-refractivity contribution in [2.75, 3.05) is 0 Å². The van der Waals surface area contributed by atoms with Crippen LogP contribution in [0, 0.1) is 0 Å². The number of benzene rings is 2. The van der Waals surface area contributed by atoms with Crippen LogP contribution in [0.1, 0.15) is 5.01 Å². The minimum Gasteiger partial charge on any atom is -0.240 e. The number of aromatic nitrogens is 1. The molecule has 1 heterocycles. The van der Waals surface area contributed by atoms with Gasteiger partial charge in [-0.3, -0.25) is 0 Å². The summed E-state index contributed by atoms with van der Waals surface area (Å²) in [4.78, 5) is 5.91.